The second-order valence-corrected chi connectivity index (χ2v) is 9.63. The van der Waals surface area contributed by atoms with Crippen LogP contribution < -0.4 is 5.32 Å². The Kier molecular flexibility index (Phi) is 5.86. The summed E-state index contributed by atoms with van der Waals surface area (Å²) in [7, 11) is 0. The Balaban J connectivity index is 1.45. The maximum Gasteiger partial charge on any atom is 0.471 e. The number of anilines is 1. The van der Waals surface area contributed by atoms with Gasteiger partial charge in [-0.1, -0.05) is 38.1 Å². The lowest BCUT2D eigenvalue weighted by Gasteiger charge is -2.42. The molecule has 4 rings (SSSR count). The minimum Gasteiger partial charge on any atom is -0.318 e. The summed E-state index contributed by atoms with van der Waals surface area (Å²) in [6.07, 6.45) is 1.23. The average molecular weight is 431 g/mol. The largest absolute Gasteiger partial charge is 0.471 e. The van der Waals surface area contributed by atoms with Gasteiger partial charge in [-0.15, -0.1) is 0 Å². The summed E-state index contributed by atoms with van der Waals surface area (Å²) in [5, 5.41) is 1.89. The van der Waals surface area contributed by atoms with E-state index in [2.05, 4.69) is 36.9 Å². The number of amides is 1. The fourth-order valence-corrected chi connectivity index (χ4v) is 4.77. The van der Waals surface area contributed by atoms with Crippen molar-refractivity contribution in [2.75, 3.05) is 11.9 Å². The van der Waals surface area contributed by atoms with E-state index in [4.69, 9.17) is 0 Å². The van der Waals surface area contributed by atoms with Crippen LogP contribution in [0.3, 0.4) is 0 Å². The molecule has 166 valence electrons. The molecule has 1 N–H and O–H groups in total. The summed E-state index contributed by atoms with van der Waals surface area (Å²) < 4.78 is 37.3. The highest BCUT2D eigenvalue weighted by Crippen LogP contribution is 2.38. The number of halogens is 3. The van der Waals surface area contributed by atoms with Crippen molar-refractivity contribution < 1.29 is 18.0 Å². The Hall–Kier alpha value is -2.34. The fraction of sp³-hybridized carbons (Fsp3) is 0.480. The number of carbonyl (C=O) groups excluding carboxylic acids is 1. The third-order valence-corrected chi connectivity index (χ3v) is 6.81. The fourth-order valence-electron chi connectivity index (χ4n) is 4.77. The number of carbonyl (C=O) groups is 1. The lowest BCUT2D eigenvalue weighted by atomic mass is 9.75. The van der Waals surface area contributed by atoms with Crippen molar-refractivity contribution >= 4 is 11.6 Å². The number of fused-ring (bicyclic) bond motifs is 1. The van der Waals surface area contributed by atoms with Crippen molar-refractivity contribution in [3.63, 3.8) is 0 Å². The van der Waals surface area contributed by atoms with E-state index in [9.17, 15) is 18.0 Å². The normalized spacial score (nSPS) is 19.6. The van der Waals surface area contributed by atoms with Crippen molar-refractivity contribution in [1.29, 1.82) is 0 Å². The van der Waals surface area contributed by atoms with Gasteiger partial charge in [0.15, 0.2) is 0 Å². The molecule has 0 atom stereocenters. The van der Waals surface area contributed by atoms with Crippen LogP contribution >= 0.6 is 0 Å². The van der Waals surface area contributed by atoms with Crippen LogP contribution in [0, 0.1) is 5.41 Å². The molecule has 2 aromatic carbocycles. The van der Waals surface area contributed by atoms with Gasteiger partial charge in [0.25, 0.3) is 0 Å². The van der Waals surface area contributed by atoms with Crippen LogP contribution in [0.4, 0.5) is 18.9 Å². The van der Waals surface area contributed by atoms with Crippen molar-refractivity contribution in [3.05, 3.63) is 53.6 Å². The Labute approximate surface area is 181 Å². The first-order valence-corrected chi connectivity index (χ1v) is 11.0. The monoisotopic (exact) mass is 430 g/mol. The van der Waals surface area contributed by atoms with Gasteiger partial charge >= 0.3 is 12.1 Å². The first-order valence-electron chi connectivity index (χ1n) is 11.0. The van der Waals surface area contributed by atoms with Crippen LogP contribution in [-0.2, 0) is 17.8 Å². The first-order chi connectivity index (χ1) is 14.6. The predicted molar refractivity (Wildman–Crippen MR) is 117 cm³/mol. The standard InChI is InChI=1S/C25H29F3N2O/c1-24(2)12-9-22(10-13-24)30-14-11-18-3-4-19(15-20(18)16-30)17-5-7-21(8-6-17)29-23(31)25(26,27)28/h3-8,15,22H,9-14,16H2,1-2H3,(H,29,31). The van der Waals surface area contributed by atoms with E-state index in [0.717, 1.165) is 30.6 Å². The van der Waals surface area contributed by atoms with Crippen molar-refractivity contribution in [2.45, 2.75) is 64.7 Å². The zero-order valence-corrected chi connectivity index (χ0v) is 18.1. The summed E-state index contributed by atoms with van der Waals surface area (Å²) in [5.74, 6) is -1.96. The van der Waals surface area contributed by atoms with Crippen LogP contribution in [0.25, 0.3) is 11.1 Å². The van der Waals surface area contributed by atoms with E-state index >= 15 is 0 Å². The molecule has 0 radical (unpaired) electrons. The molecule has 1 saturated carbocycles. The predicted octanol–water partition coefficient (Wildman–Crippen LogP) is 6.18. The highest BCUT2D eigenvalue weighted by Gasteiger charge is 2.38. The van der Waals surface area contributed by atoms with Crippen LogP contribution in [-0.4, -0.2) is 29.6 Å². The number of rotatable bonds is 3. The van der Waals surface area contributed by atoms with E-state index in [1.165, 1.54) is 48.9 Å². The van der Waals surface area contributed by atoms with E-state index < -0.39 is 12.1 Å². The molecule has 0 unspecified atom stereocenters. The van der Waals surface area contributed by atoms with Gasteiger partial charge in [0, 0.05) is 24.8 Å². The van der Waals surface area contributed by atoms with E-state index in [1.807, 2.05) is 5.32 Å². The van der Waals surface area contributed by atoms with E-state index in [1.54, 1.807) is 12.1 Å². The summed E-state index contributed by atoms with van der Waals surface area (Å²) in [4.78, 5) is 13.7. The van der Waals surface area contributed by atoms with Gasteiger partial charge in [-0.3, -0.25) is 9.69 Å². The number of nitrogens with one attached hydrogen (secondary N) is 1. The number of nitrogens with zero attached hydrogens (tertiary/aromatic N) is 1. The summed E-state index contributed by atoms with van der Waals surface area (Å²) in [6.45, 7) is 6.78. The van der Waals surface area contributed by atoms with Gasteiger partial charge in [0.2, 0.25) is 0 Å². The molecule has 6 heteroatoms. The van der Waals surface area contributed by atoms with Crippen LogP contribution in [0.15, 0.2) is 42.5 Å². The van der Waals surface area contributed by atoms with Crippen molar-refractivity contribution in [1.82, 2.24) is 4.90 Å². The zero-order valence-electron chi connectivity index (χ0n) is 18.1. The minimum absolute atomic E-state index is 0.135. The first kappa shape index (κ1) is 21.9. The molecule has 1 heterocycles. The van der Waals surface area contributed by atoms with E-state index in [0.29, 0.717) is 11.5 Å². The van der Waals surface area contributed by atoms with Crippen LogP contribution in [0.1, 0.15) is 50.7 Å². The highest BCUT2D eigenvalue weighted by molar-refractivity contribution is 5.95. The second kappa shape index (κ2) is 8.30. The molecule has 1 aliphatic heterocycles. The quantitative estimate of drug-likeness (QED) is 0.631. The van der Waals surface area contributed by atoms with Crippen LogP contribution in [0.2, 0.25) is 0 Å². The SMILES string of the molecule is CC1(C)CCC(N2CCc3ccc(-c4ccc(NC(=O)C(F)(F)F)cc4)cc3C2)CC1. The molecule has 0 saturated heterocycles. The van der Waals surface area contributed by atoms with Crippen molar-refractivity contribution in [2.24, 2.45) is 5.41 Å². The van der Waals surface area contributed by atoms with Crippen LogP contribution in [0.5, 0.6) is 0 Å². The maximum absolute atomic E-state index is 12.4. The number of alkyl halides is 3. The number of benzene rings is 2. The third kappa shape index (κ3) is 5.12. The molecule has 0 aromatic heterocycles. The van der Waals surface area contributed by atoms with Gasteiger partial charge in [-0.25, -0.2) is 0 Å². The lowest BCUT2D eigenvalue weighted by molar-refractivity contribution is -0.167. The summed E-state index contributed by atoms with van der Waals surface area (Å²) >= 11 is 0. The molecule has 31 heavy (non-hydrogen) atoms. The number of hydrogen-bond acceptors (Lipinski definition) is 2. The zero-order chi connectivity index (χ0) is 22.2. The van der Waals surface area contributed by atoms with E-state index in [-0.39, 0.29) is 5.69 Å². The topological polar surface area (TPSA) is 32.3 Å². The van der Waals surface area contributed by atoms with Crippen molar-refractivity contribution in [3.8, 4) is 11.1 Å². The molecule has 2 aromatic rings. The van der Waals surface area contributed by atoms with Gasteiger partial charge in [0.1, 0.15) is 0 Å². The van der Waals surface area contributed by atoms with Gasteiger partial charge < -0.3 is 5.32 Å². The molecular weight excluding hydrogens is 401 g/mol. The van der Waals surface area contributed by atoms with Gasteiger partial charge in [-0.2, -0.15) is 13.2 Å². The van der Waals surface area contributed by atoms with Gasteiger partial charge in [0.05, 0.1) is 0 Å². The Morgan fingerprint density at radius 1 is 1.00 bits per heavy atom. The third-order valence-electron chi connectivity index (χ3n) is 6.81. The molecule has 1 fully saturated rings. The Bertz CT molecular complexity index is 940. The Morgan fingerprint density at radius 2 is 1.65 bits per heavy atom. The highest BCUT2D eigenvalue weighted by atomic mass is 19.4. The second-order valence-electron chi connectivity index (χ2n) is 9.63. The molecular formula is C25H29F3N2O. The average Bonchev–Trinajstić information content (AvgIpc) is 2.73. The molecule has 1 aliphatic carbocycles. The number of hydrogen-bond donors (Lipinski definition) is 1. The molecule has 0 bridgehead atoms. The summed E-state index contributed by atoms with van der Waals surface area (Å²) in [6, 6.07) is 13.6. The molecule has 3 nitrogen and oxygen atoms in total. The summed E-state index contributed by atoms with van der Waals surface area (Å²) in [5.41, 5.74) is 5.27. The smallest absolute Gasteiger partial charge is 0.318 e. The molecule has 1 amide bonds. The minimum atomic E-state index is -4.89. The molecule has 2 aliphatic rings. The molecule has 0 spiro atoms. The Morgan fingerprint density at radius 3 is 2.29 bits per heavy atom. The maximum atomic E-state index is 12.4. The lowest BCUT2D eigenvalue weighted by Crippen LogP contribution is -2.42. The van der Waals surface area contributed by atoms with Gasteiger partial charge in [-0.05, 0) is 78.0 Å².